The fraction of sp³-hybridized carbons (Fsp3) is 0.391. The van der Waals surface area contributed by atoms with Gasteiger partial charge in [0.05, 0.1) is 11.6 Å². The Hall–Kier alpha value is -2.37. The predicted molar refractivity (Wildman–Crippen MR) is 109 cm³/mol. The van der Waals surface area contributed by atoms with Gasteiger partial charge in [0.1, 0.15) is 18.2 Å². The molecule has 28 heavy (non-hydrogen) atoms. The zero-order chi connectivity index (χ0) is 19.4. The van der Waals surface area contributed by atoms with Crippen LogP contribution >= 0.6 is 0 Å². The van der Waals surface area contributed by atoms with E-state index in [1.165, 1.54) is 16.5 Å². The monoisotopic (exact) mass is 379 g/mol. The molecule has 3 heterocycles. The van der Waals surface area contributed by atoms with Crippen LogP contribution in [0.3, 0.4) is 0 Å². The SMILES string of the molecule is CN(C)[C@H]1CN([C@H]2COc3cccc(F)c32)C[C@@H]1c1cn(C)c2ccccc12. The van der Waals surface area contributed by atoms with Crippen molar-refractivity contribution in [2.24, 2.45) is 7.05 Å². The van der Waals surface area contributed by atoms with E-state index in [0.717, 1.165) is 18.7 Å². The number of nitrogens with zero attached hydrogens (tertiary/aromatic N) is 3. The third-order valence-electron chi connectivity index (χ3n) is 6.49. The Bertz CT molecular complexity index is 1030. The maximum Gasteiger partial charge on any atom is 0.131 e. The van der Waals surface area contributed by atoms with Crippen LogP contribution < -0.4 is 4.74 Å². The molecule has 1 saturated heterocycles. The number of hydrogen-bond acceptors (Lipinski definition) is 3. The molecule has 0 saturated carbocycles. The van der Waals surface area contributed by atoms with Crippen molar-refractivity contribution in [1.29, 1.82) is 0 Å². The minimum absolute atomic E-state index is 0.0152. The van der Waals surface area contributed by atoms with Crippen LogP contribution in [0.5, 0.6) is 5.75 Å². The van der Waals surface area contributed by atoms with Crippen LogP contribution in [0.4, 0.5) is 4.39 Å². The fourth-order valence-corrected chi connectivity index (χ4v) is 5.07. The molecule has 0 bridgehead atoms. The molecule has 3 aromatic rings. The van der Waals surface area contributed by atoms with E-state index in [0.29, 0.717) is 24.3 Å². The predicted octanol–water partition coefficient (Wildman–Crippen LogP) is 3.78. The average Bonchev–Trinajstić information content (AvgIpc) is 3.37. The first-order valence-electron chi connectivity index (χ1n) is 9.90. The zero-order valence-electron chi connectivity index (χ0n) is 16.6. The molecule has 2 aliphatic heterocycles. The second kappa shape index (κ2) is 6.61. The lowest BCUT2D eigenvalue weighted by Gasteiger charge is -2.25. The van der Waals surface area contributed by atoms with Gasteiger partial charge in [0, 0.05) is 49.2 Å². The highest BCUT2D eigenvalue weighted by Crippen LogP contribution is 2.43. The van der Waals surface area contributed by atoms with Crippen molar-refractivity contribution in [3.63, 3.8) is 0 Å². The molecule has 0 unspecified atom stereocenters. The van der Waals surface area contributed by atoms with Gasteiger partial charge in [0.15, 0.2) is 0 Å². The smallest absolute Gasteiger partial charge is 0.131 e. The van der Waals surface area contributed by atoms with Gasteiger partial charge in [-0.1, -0.05) is 24.3 Å². The van der Waals surface area contributed by atoms with Crippen LogP contribution in [-0.4, -0.2) is 54.2 Å². The number of rotatable bonds is 3. The average molecular weight is 379 g/mol. The van der Waals surface area contributed by atoms with Gasteiger partial charge in [-0.05, 0) is 37.9 Å². The van der Waals surface area contributed by atoms with Gasteiger partial charge < -0.3 is 14.2 Å². The number of aromatic nitrogens is 1. The Labute approximate surface area is 165 Å². The normalized spacial score (nSPS) is 24.8. The molecule has 0 radical (unpaired) electrons. The van der Waals surface area contributed by atoms with Gasteiger partial charge in [0.25, 0.3) is 0 Å². The van der Waals surface area contributed by atoms with Gasteiger partial charge in [0.2, 0.25) is 0 Å². The number of hydrogen-bond donors (Lipinski definition) is 0. The molecule has 5 heteroatoms. The molecule has 2 aliphatic rings. The van der Waals surface area contributed by atoms with Gasteiger partial charge >= 0.3 is 0 Å². The van der Waals surface area contributed by atoms with E-state index in [9.17, 15) is 4.39 Å². The highest BCUT2D eigenvalue weighted by Gasteiger charge is 2.42. The van der Waals surface area contributed by atoms with Crippen molar-refractivity contribution >= 4 is 10.9 Å². The molecule has 3 atom stereocenters. The molecule has 1 aromatic heterocycles. The Morgan fingerprint density at radius 3 is 2.71 bits per heavy atom. The number of para-hydroxylation sites is 1. The van der Waals surface area contributed by atoms with Gasteiger partial charge in [-0.25, -0.2) is 4.39 Å². The fourth-order valence-electron chi connectivity index (χ4n) is 5.07. The quantitative estimate of drug-likeness (QED) is 0.691. The highest BCUT2D eigenvalue weighted by molar-refractivity contribution is 5.84. The first-order valence-corrected chi connectivity index (χ1v) is 9.90. The number of likely N-dealkylation sites (N-methyl/N-ethyl adjacent to an activating group) is 1. The van der Waals surface area contributed by atoms with Crippen LogP contribution in [0.25, 0.3) is 10.9 Å². The minimum Gasteiger partial charge on any atom is -0.491 e. The molecule has 2 aromatic carbocycles. The Morgan fingerprint density at radius 1 is 1.07 bits per heavy atom. The molecule has 0 amide bonds. The summed E-state index contributed by atoms with van der Waals surface area (Å²) in [7, 11) is 6.40. The first kappa shape index (κ1) is 17.7. The summed E-state index contributed by atoms with van der Waals surface area (Å²) in [4.78, 5) is 4.72. The van der Waals surface area contributed by atoms with Crippen molar-refractivity contribution in [2.75, 3.05) is 33.8 Å². The number of aryl methyl sites for hydroxylation is 1. The second-order valence-electron chi connectivity index (χ2n) is 8.28. The van der Waals surface area contributed by atoms with E-state index >= 15 is 0 Å². The Morgan fingerprint density at radius 2 is 1.89 bits per heavy atom. The summed E-state index contributed by atoms with van der Waals surface area (Å²) >= 11 is 0. The second-order valence-corrected chi connectivity index (χ2v) is 8.28. The molecule has 146 valence electrons. The Kier molecular flexibility index (Phi) is 4.18. The number of likely N-dealkylation sites (tertiary alicyclic amines) is 1. The van der Waals surface area contributed by atoms with Crippen molar-refractivity contribution in [2.45, 2.75) is 18.0 Å². The molecule has 0 aliphatic carbocycles. The van der Waals surface area contributed by atoms with Crippen LogP contribution in [-0.2, 0) is 7.05 Å². The summed E-state index contributed by atoms with van der Waals surface area (Å²) in [5.41, 5.74) is 3.36. The first-order chi connectivity index (χ1) is 13.5. The summed E-state index contributed by atoms with van der Waals surface area (Å²) < 4.78 is 22.6. The molecule has 0 N–H and O–H groups in total. The van der Waals surface area contributed by atoms with Gasteiger partial charge in [-0.3, -0.25) is 4.90 Å². The molecule has 4 nitrogen and oxygen atoms in total. The van der Waals surface area contributed by atoms with Crippen LogP contribution in [0.2, 0.25) is 0 Å². The number of fused-ring (bicyclic) bond motifs is 2. The standard InChI is InChI=1S/C23H26FN3O/c1-25(2)20-13-27(21-14-28-22-10-6-8-18(24)23(21)22)12-17(20)16-11-26(3)19-9-5-4-7-15(16)19/h4-11,17,20-21H,12-14H2,1-3H3/t17-,20+,21+/m1/s1. The van der Waals surface area contributed by atoms with Crippen molar-refractivity contribution in [3.05, 3.63) is 65.6 Å². The summed E-state index contributed by atoms with van der Waals surface area (Å²) in [5.74, 6) is 0.909. The highest BCUT2D eigenvalue weighted by atomic mass is 19.1. The van der Waals surface area contributed by atoms with E-state index in [2.05, 4.69) is 66.0 Å². The maximum atomic E-state index is 14.6. The summed E-state index contributed by atoms with van der Waals surface area (Å²) in [5, 5.41) is 1.32. The number of benzene rings is 2. The van der Waals surface area contributed by atoms with Gasteiger partial charge in [-0.2, -0.15) is 0 Å². The topological polar surface area (TPSA) is 20.6 Å². The number of halogens is 1. The molecular weight excluding hydrogens is 353 g/mol. The Balaban J connectivity index is 1.52. The largest absolute Gasteiger partial charge is 0.491 e. The van der Waals surface area contributed by atoms with E-state index in [-0.39, 0.29) is 11.9 Å². The number of ether oxygens (including phenoxy) is 1. The molecular formula is C23H26FN3O. The van der Waals surface area contributed by atoms with Crippen LogP contribution in [0.15, 0.2) is 48.7 Å². The van der Waals surface area contributed by atoms with Crippen molar-refractivity contribution < 1.29 is 9.13 Å². The van der Waals surface area contributed by atoms with Crippen molar-refractivity contribution in [3.8, 4) is 5.75 Å². The van der Waals surface area contributed by atoms with Gasteiger partial charge in [-0.15, -0.1) is 0 Å². The molecule has 5 rings (SSSR count). The summed E-state index contributed by atoms with van der Waals surface area (Å²) in [6.45, 7) is 2.33. The van der Waals surface area contributed by atoms with E-state index < -0.39 is 0 Å². The lowest BCUT2D eigenvalue weighted by atomic mass is 9.93. The van der Waals surface area contributed by atoms with Crippen LogP contribution in [0, 0.1) is 5.82 Å². The lowest BCUT2D eigenvalue weighted by molar-refractivity contribution is 0.179. The molecule has 0 spiro atoms. The minimum atomic E-state index is -0.157. The third-order valence-corrected chi connectivity index (χ3v) is 6.49. The van der Waals surface area contributed by atoms with Crippen molar-refractivity contribution in [1.82, 2.24) is 14.4 Å². The maximum absolute atomic E-state index is 14.6. The lowest BCUT2D eigenvalue weighted by Crippen LogP contribution is -2.35. The van der Waals surface area contributed by atoms with E-state index in [4.69, 9.17) is 4.74 Å². The van der Waals surface area contributed by atoms with Crippen LogP contribution in [0.1, 0.15) is 23.1 Å². The molecule has 1 fully saturated rings. The third kappa shape index (κ3) is 2.65. The summed E-state index contributed by atoms with van der Waals surface area (Å²) in [6, 6.07) is 14.1. The zero-order valence-corrected chi connectivity index (χ0v) is 16.6. The van der Waals surface area contributed by atoms with E-state index in [1.807, 2.05) is 6.07 Å². The summed E-state index contributed by atoms with van der Waals surface area (Å²) in [6.07, 6.45) is 2.27. The van der Waals surface area contributed by atoms with E-state index in [1.54, 1.807) is 12.1 Å².